The molecule has 0 aliphatic rings. The van der Waals surface area contributed by atoms with E-state index in [9.17, 15) is 9.59 Å². The molecule has 0 fully saturated rings. The number of carbonyl (C=O) groups is 2. The van der Waals surface area contributed by atoms with Gasteiger partial charge in [-0.3, -0.25) is 30.4 Å². The zero-order valence-corrected chi connectivity index (χ0v) is 14.5. The highest BCUT2D eigenvalue weighted by Crippen LogP contribution is 2.15. The molecular weight excluding hydrogens is 328 g/mol. The maximum absolute atomic E-state index is 12.4. The minimum Gasteiger partial charge on any atom is -0.267 e. The molecule has 0 spiro atoms. The van der Waals surface area contributed by atoms with Crippen LogP contribution >= 0.6 is 0 Å². The van der Waals surface area contributed by atoms with Crippen LogP contribution in [0.25, 0.3) is 10.9 Å². The van der Waals surface area contributed by atoms with Gasteiger partial charge in [0.1, 0.15) is 5.69 Å². The number of amides is 2. The maximum Gasteiger partial charge on any atom is 0.288 e. The Morgan fingerprint density at radius 1 is 0.962 bits per heavy atom. The fourth-order valence-corrected chi connectivity index (χ4v) is 2.63. The van der Waals surface area contributed by atoms with Crippen LogP contribution in [0.3, 0.4) is 0 Å². The van der Waals surface area contributed by atoms with Crippen molar-refractivity contribution in [2.45, 2.75) is 26.2 Å². The summed E-state index contributed by atoms with van der Waals surface area (Å²) in [5.41, 5.74) is 7.34. The molecule has 132 valence electrons. The number of unbranched alkanes of at least 4 members (excludes halogenated alkanes) is 1. The molecule has 3 aromatic rings. The fraction of sp³-hybridized carbons (Fsp3) is 0.200. The van der Waals surface area contributed by atoms with Crippen molar-refractivity contribution in [3.8, 4) is 0 Å². The number of carbonyl (C=O) groups excluding carboxylic acids is 2. The van der Waals surface area contributed by atoms with E-state index in [1.807, 2.05) is 30.3 Å². The Labute approximate surface area is 151 Å². The van der Waals surface area contributed by atoms with Gasteiger partial charge in [0.25, 0.3) is 11.8 Å². The number of hydrogen-bond donors (Lipinski definition) is 2. The van der Waals surface area contributed by atoms with Gasteiger partial charge in [-0.25, -0.2) is 0 Å². The molecule has 0 radical (unpaired) electrons. The first-order valence-corrected chi connectivity index (χ1v) is 8.58. The molecule has 2 aromatic heterocycles. The summed E-state index contributed by atoms with van der Waals surface area (Å²) in [6, 6.07) is 12.5. The quantitative estimate of drug-likeness (QED) is 0.694. The summed E-state index contributed by atoms with van der Waals surface area (Å²) in [5, 5.41) is 0.722. The summed E-state index contributed by atoms with van der Waals surface area (Å²) in [7, 11) is 0. The number of pyridine rings is 2. The van der Waals surface area contributed by atoms with E-state index in [1.54, 1.807) is 24.5 Å². The van der Waals surface area contributed by atoms with E-state index in [-0.39, 0.29) is 5.69 Å². The molecule has 0 saturated carbocycles. The largest absolute Gasteiger partial charge is 0.288 e. The maximum atomic E-state index is 12.4. The second-order valence-corrected chi connectivity index (χ2v) is 5.94. The lowest BCUT2D eigenvalue weighted by molar-refractivity contribution is 0.0845. The molecule has 2 heterocycles. The number of rotatable bonds is 5. The van der Waals surface area contributed by atoms with Gasteiger partial charge in [0.15, 0.2) is 0 Å². The lowest BCUT2D eigenvalue weighted by Crippen LogP contribution is -2.42. The van der Waals surface area contributed by atoms with E-state index >= 15 is 0 Å². The molecule has 2 N–H and O–H groups in total. The molecule has 0 aliphatic heterocycles. The monoisotopic (exact) mass is 348 g/mol. The van der Waals surface area contributed by atoms with Gasteiger partial charge in [-0.2, -0.15) is 0 Å². The van der Waals surface area contributed by atoms with Crippen molar-refractivity contribution in [3.05, 3.63) is 71.7 Å². The number of hydrogen-bond acceptors (Lipinski definition) is 4. The highest BCUT2D eigenvalue weighted by Gasteiger charge is 2.12. The summed E-state index contributed by atoms with van der Waals surface area (Å²) in [6.07, 6.45) is 6.40. The first kappa shape index (κ1) is 17.5. The SMILES string of the molecule is CCCCc1ccc(C(=O)NNC(=O)c2ccnc3ccccc23)nc1. The molecule has 6 heteroatoms. The Morgan fingerprint density at radius 2 is 1.77 bits per heavy atom. The summed E-state index contributed by atoms with van der Waals surface area (Å²) in [6.45, 7) is 2.13. The van der Waals surface area contributed by atoms with E-state index in [2.05, 4.69) is 27.7 Å². The summed E-state index contributed by atoms with van der Waals surface area (Å²) < 4.78 is 0. The normalized spacial score (nSPS) is 10.5. The third-order valence-corrected chi connectivity index (χ3v) is 4.06. The van der Waals surface area contributed by atoms with Gasteiger partial charge in [0.2, 0.25) is 0 Å². The summed E-state index contributed by atoms with van der Waals surface area (Å²) >= 11 is 0. The topological polar surface area (TPSA) is 84.0 Å². The first-order valence-electron chi connectivity index (χ1n) is 8.58. The van der Waals surface area contributed by atoms with Crippen molar-refractivity contribution < 1.29 is 9.59 Å². The lowest BCUT2D eigenvalue weighted by Gasteiger charge is -2.09. The van der Waals surface area contributed by atoms with Crippen LogP contribution in [0, 0.1) is 0 Å². The molecule has 0 bridgehead atoms. The zero-order chi connectivity index (χ0) is 18.4. The van der Waals surface area contributed by atoms with Crippen molar-refractivity contribution in [1.29, 1.82) is 0 Å². The van der Waals surface area contributed by atoms with E-state index in [1.165, 1.54) is 0 Å². The van der Waals surface area contributed by atoms with Crippen LogP contribution in [0.15, 0.2) is 54.9 Å². The highest BCUT2D eigenvalue weighted by molar-refractivity contribution is 6.06. The van der Waals surface area contributed by atoms with Crippen molar-refractivity contribution >= 4 is 22.7 Å². The van der Waals surface area contributed by atoms with Crippen LogP contribution < -0.4 is 10.9 Å². The average molecular weight is 348 g/mol. The smallest absolute Gasteiger partial charge is 0.267 e. The Morgan fingerprint density at radius 3 is 2.54 bits per heavy atom. The van der Waals surface area contributed by atoms with Gasteiger partial charge in [-0.05, 0) is 36.6 Å². The third-order valence-electron chi connectivity index (χ3n) is 4.06. The number of fused-ring (bicyclic) bond motifs is 1. The molecule has 0 saturated heterocycles. The Hall–Kier alpha value is -3.28. The minimum absolute atomic E-state index is 0.255. The lowest BCUT2D eigenvalue weighted by atomic mass is 10.1. The second-order valence-electron chi connectivity index (χ2n) is 5.94. The van der Waals surface area contributed by atoms with E-state index in [4.69, 9.17) is 0 Å². The molecule has 3 rings (SSSR count). The van der Waals surface area contributed by atoms with Crippen LogP contribution in [0.1, 0.15) is 46.2 Å². The van der Waals surface area contributed by atoms with Gasteiger partial charge in [0.05, 0.1) is 11.1 Å². The van der Waals surface area contributed by atoms with Crippen LogP contribution in [0.2, 0.25) is 0 Å². The Bertz CT molecular complexity index is 917. The van der Waals surface area contributed by atoms with Gasteiger partial charge >= 0.3 is 0 Å². The number of benzene rings is 1. The number of nitrogens with zero attached hydrogens (tertiary/aromatic N) is 2. The number of nitrogens with one attached hydrogen (secondary N) is 2. The van der Waals surface area contributed by atoms with E-state index in [0.29, 0.717) is 5.56 Å². The predicted molar refractivity (Wildman–Crippen MR) is 99.5 cm³/mol. The highest BCUT2D eigenvalue weighted by atomic mass is 16.2. The molecule has 1 aromatic carbocycles. The predicted octanol–water partition coefficient (Wildman–Crippen LogP) is 3.05. The molecule has 0 aliphatic carbocycles. The fourth-order valence-electron chi connectivity index (χ4n) is 2.63. The van der Waals surface area contributed by atoms with Gasteiger partial charge in [-0.1, -0.05) is 37.6 Å². The molecule has 2 amide bonds. The minimum atomic E-state index is -0.459. The number of para-hydroxylation sites is 1. The van der Waals surface area contributed by atoms with Crippen LogP contribution in [-0.4, -0.2) is 21.8 Å². The standard InChI is InChI=1S/C20H20N4O2/c1-2-3-6-14-9-10-18(22-13-14)20(26)24-23-19(25)16-11-12-21-17-8-5-4-7-15(16)17/h4-5,7-13H,2-3,6H2,1H3,(H,23,25)(H,24,26). The van der Waals surface area contributed by atoms with Gasteiger partial charge in [-0.15, -0.1) is 0 Å². The number of aromatic nitrogens is 2. The molecule has 0 unspecified atom stereocenters. The van der Waals surface area contributed by atoms with Crippen LogP contribution in [0.4, 0.5) is 0 Å². The van der Waals surface area contributed by atoms with Crippen LogP contribution in [0.5, 0.6) is 0 Å². The Balaban J connectivity index is 1.64. The van der Waals surface area contributed by atoms with Crippen molar-refractivity contribution in [1.82, 2.24) is 20.8 Å². The molecular formula is C20H20N4O2. The van der Waals surface area contributed by atoms with Crippen LogP contribution in [-0.2, 0) is 6.42 Å². The van der Waals surface area contributed by atoms with Gasteiger partial charge in [0, 0.05) is 17.8 Å². The number of aryl methyl sites for hydroxylation is 1. The van der Waals surface area contributed by atoms with Crippen molar-refractivity contribution in [2.24, 2.45) is 0 Å². The Kier molecular flexibility index (Phi) is 5.53. The van der Waals surface area contributed by atoms with Crippen molar-refractivity contribution in [3.63, 3.8) is 0 Å². The summed E-state index contributed by atoms with van der Waals surface area (Å²) in [5.74, 6) is -0.865. The second kappa shape index (κ2) is 8.20. The number of hydrazine groups is 1. The average Bonchev–Trinajstić information content (AvgIpc) is 2.70. The molecule has 26 heavy (non-hydrogen) atoms. The molecule has 6 nitrogen and oxygen atoms in total. The van der Waals surface area contributed by atoms with Crippen molar-refractivity contribution in [2.75, 3.05) is 0 Å². The van der Waals surface area contributed by atoms with Gasteiger partial charge < -0.3 is 0 Å². The van der Waals surface area contributed by atoms with E-state index < -0.39 is 11.8 Å². The summed E-state index contributed by atoms with van der Waals surface area (Å²) in [4.78, 5) is 32.9. The van der Waals surface area contributed by atoms with E-state index in [0.717, 1.165) is 35.7 Å². The zero-order valence-electron chi connectivity index (χ0n) is 14.5. The first-order chi connectivity index (χ1) is 12.7. The molecule has 0 atom stereocenters. The third kappa shape index (κ3) is 4.03.